The Morgan fingerprint density at radius 2 is 1.94 bits per heavy atom. The molecule has 10 nitrogen and oxygen atoms in total. The lowest BCUT2D eigenvalue weighted by atomic mass is 10.0. The zero-order chi connectivity index (χ0) is 24.7. The Balaban J connectivity index is 1.79. The predicted octanol–water partition coefficient (Wildman–Crippen LogP) is 1.22. The van der Waals surface area contributed by atoms with Crippen molar-refractivity contribution in [3.8, 4) is 5.75 Å². The monoisotopic (exact) mass is 493 g/mol. The third kappa shape index (κ3) is 5.94. The smallest absolute Gasteiger partial charge is 0.334 e. The molecular formula is C23H35N5O5S. The van der Waals surface area contributed by atoms with Crippen molar-refractivity contribution in [2.45, 2.75) is 31.6 Å². The fourth-order valence-electron chi connectivity index (χ4n) is 4.41. The van der Waals surface area contributed by atoms with E-state index in [1.807, 2.05) is 30.5 Å². The average Bonchev–Trinajstić information content (AvgIpc) is 2.83. The lowest BCUT2D eigenvalue weighted by Crippen LogP contribution is -2.76. The summed E-state index contributed by atoms with van der Waals surface area (Å²) >= 11 is 1.64. The van der Waals surface area contributed by atoms with Gasteiger partial charge in [0.15, 0.2) is 0 Å². The second kappa shape index (κ2) is 12.3. The van der Waals surface area contributed by atoms with Gasteiger partial charge in [0, 0.05) is 33.9 Å². The van der Waals surface area contributed by atoms with E-state index in [1.54, 1.807) is 52.8 Å². The Bertz CT molecular complexity index is 855. The molecule has 188 valence electrons. The molecule has 34 heavy (non-hydrogen) atoms. The molecule has 0 aromatic heterocycles. The third-order valence-electron chi connectivity index (χ3n) is 6.12. The number of nitrogens with zero attached hydrogens (tertiary/aromatic N) is 4. The molecule has 3 rings (SSSR count). The number of hydrazine groups is 1. The van der Waals surface area contributed by atoms with Gasteiger partial charge >= 0.3 is 6.03 Å². The first kappa shape index (κ1) is 26.1. The summed E-state index contributed by atoms with van der Waals surface area (Å²) < 4.78 is 10.3. The minimum Gasteiger partial charge on any atom is -0.497 e. The van der Waals surface area contributed by atoms with Gasteiger partial charge in [0.05, 0.1) is 20.2 Å². The molecule has 4 amide bonds. The van der Waals surface area contributed by atoms with Crippen LogP contribution in [0.25, 0.3) is 0 Å². The van der Waals surface area contributed by atoms with Crippen LogP contribution in [0.1, 0.15) is 18.4 Å². The number of thioether (sulfide) groups is 1. The number of benzene rings is 1. The molecule has 2 atom stereocenters. The maximum Gasteiger partial charge on any atom is 0.334 e. The summed E-state index contributed by atoms with van der Waals surface area (Å²) in [6.07, 6.45) is 2.66. The van der Waals surface area contributed by atoms with Gasteiger partial charge in [-0.1, -0.05) is 12.1 Å². The first-order valence-electron chi connectivity index (χ1n) is 11.4. The first-order chi connectivity index (χ1) is 16.4. The molecule has 0 radical (unpaired) electrons. The van der Waals surface area contributed by atoms with E-state index in [-0.39, 0.29) is 30.9 Å². The van der Waals surface area contributed by atoms with Crippen molar-refractivity contribution in [3.05, 3.63) is 29.8 Å². The van der Waals surface area contributed by atoms with Gasteiger partial charge < -0.3 is 24.6 Å². The number of fused-ring (bicyclic) bond motifs is 1. The molecule has 2 aliphatic heterocycles. The van der Waals surface area contributed by atoms with E-state index < -0.39 is 12.2 Å². The highest BCUT2D eigenvalue weighted by molar-refractivity contribution is 7.98. The molecule has 0 spiro atoms. The van der Waals surface area contributed by atoms with Crippen LogP contribution in [0.4, 0.5) is 4.79 Å². The van der Waals surface area contributed by atoms with E-state index in [0.29, 0.717) is 32.5 Å². The topological polar surface area (TPSA) is 94.7 Å². The van der Waals surface area contributed by atoms with E-state index >= 15 is 0 Å². The average molecular weight is 494 g/mol. The number of ether oxygens (including phenoxy) is 2. The highest BCUT2D eigenvalue weighted by atomic mass is 32.2. The quantitative estimate of drug-likeness (QED) is 0.490. The molecule has 2 fully saturated rings. The zero-order valence-electron chi connectivity index (χ0n) is 20.4. The fraction of sp³-hybridized carbons (Fsp3) is 0.609. The number of carbonyl (C=O) groups excluding carboxylic acids is 3. The lowest BCUT2D eigenvalue weighted by Gasteiger charge is -2.54. The van der Waals surface area contributed by atoms with Crippen molar-refractivity contribution in [2.75, 3.05) is 59.5 Å². The number of rotatable bonds is 10. The van der Waals surface area contributed by atoms with Crippen LogP contribution in [-0.4, -0.2) is 109 Å². The van der Waals surface area contributed by atoms with Crippen LogP contribution in [0.15, 0.2) is 24.3 Å². The van der Waals surface area contributed by atoms with E-state index in [4.69, 9.17) is 9.47 Å². The van der Waals surface area contributed by atoms with Gasteiger partial charge in [0.25, 0.3) is 0 Å². The number of likely N-dealkylation sites (N-methyl/N-ethyl adjacent to an activating group) is 1. The molecule has 0 saturated carbocycles. The molecule has 1 aromatic carbocycles. The Morgan fingerprint density at radius 3 is 2.59 bits per heavy atom. The molecular weight excluding hydrogens is 458 g/mol. The largest absolute Gasteiger partial charge is 0.497 e. The first-order valence-corrected chi connectivity index (χ1v) is 12.8. The van der Waals surface area contributed by atoms with Crippen molar-refractivity contribution in [3.63, 3.8) is 0 Å². The Labute approximate surface area is 205 Å². The highest BCUT2D eigenvalue weighted by Crippen LogP contribution is 2.28. The Hall–Kier alpha value is -2.50. The minimum atomic E-state index is -0.577. The summed E-state index contributed by atoms with van der Waals surface area (Å²) in [5, 5.41) is 6.18. The van der Waals surface area contributed by atoms with Crippen molar-refractivity contribution < 1.29 is 23.9 Å². The van der Waals surface area contributed by atoms with E-state index in [9.17, 15) is 14.4 Å². The van der Waals surface area contributed by atoms with Crippen molar-refractivity contribution in [2.24, 2.45) is 0 Å². The van der Waals surface area contributed by atoms with Gasteiger partial charge in [-0.2, -0.15) is 11.8 Å². The maximum absolute atomic E-state index is 13.3. The van der Waals surface area contributed by atoms with Crippen LogP contribution in [0, 0.1) is 0 Å². The normalized spacial score (nSPS) is 21.0. The second-order valence-electron chi connectivity index (χ2n) is 8.38. The van der Waals surface area contributed by atoms with Gasteiger partial charge in [0.1, 0.15) is 18.0 Å². The standard InChI is InChI=1S/C23H35N5O5S/c1-25-16-21(29)27-19(10-13-34-4)22(30)26(11-5-12-32-2)15-20(27)28(25)23(31)24-14-17-6-8-18(33-3)9-7-17/h6-9,19-20H,5,10-16H2,1-4H3,(H,24,31). The van der Waals surface area contributed by atoms with Gasteiger partial charge in [-0.15, -0.1) is 0 Å². The molecule has 0 bridgehead atoms. The molecule has 2 heterocycles. The van der Waals surface area contributed by atoms with Crippen LogP contribution in [0.2, 0.25) is 0 Å². The zero-order valence-corrected chi connectivity index (χ0v) is 21.2. The summed E-state index contributed by atoms with van der Waals surface area (Å²) in [6.45, 7) is 1.70. The van der Waals surface area contributed by atoms with Crippen LogP contribution < -0.4 is 10.1 Å². The Morgan fingerprint density at radius 1 is 1.21 bits per heavy atom. The fourth-order valence-corrected chi connectivity index (χ4v) is 4.87. The van der Waals surface area contributed by atoms with Crippen LogP contribution in [-0.2, 0) is 20.9 Å². The lowest BCUT2D eigenvalue weighted by molar-refractivity contribution is -0.187. The number of methoxy groups -OCH3 is 2. The number of piperazine rings is 1. The summed E-state index contributed by atoms with van der Waals surface area (Å²) in [6, 6.07) is 6.59. The van der Waals surface area contributed by atoms with E-state index in [2.05, 4.69) is 5.32 Å². The molecule has 2 saturated heterocycles. The molecule has 11 heteroatoms. The van der Waals surface area contributed by atoms with Gasteiger partial charge in [-0.25, -0.2) is 14.8 Å². The molecule has 2 aliphatic rings. The van der Waals surface area contributed by atoms with Crippen molar-refractivity contribution in [1.29, 1.82) is 0 Å². The molecule has 0 aliphatic carbocycles. The third-order valence-corrected chi connectivity index (χ3v) is 6.77. The number of hydrogen-bond donors (Lipinski definition) is 1. The summed E-state index contributed by atoms with van der Waals surface area (Å²) in [5.74, 6) is 1.30. The van der Waals surface area contributed by atoms with E-state index in [0.717, 1.165) is 17.1 Å². The highest BCUT2D eigenvalue weighted by Gasteiger charge is 2.50. The summed E-state index contributed by atoms with van der Waals surface area (Å²) in [5.41, 5.74) is 0.930. The predicted molar refractivity (Wildman–Crippen MR) is 130 cm³/mol. The van der Waals surface area contributed by atoms with Crippen LogP contribution >= 0.6 is 11.8 Å². The second-order valence-corrected chi connectivity index (χ2v) is 9.36. The van der Waals surface area contributed by atoms with Gasteiger partial charge in [-0.05, 0) is 42.5 Å². The van der Waals surface area contributed by atoms with Crippen molar-refractivity contribution >= 4 is 29.6 Å². The number of nitrogens with one attached hydrogen (secondary N) is 1. The number of hydrogen-bond acceptors (Lipinski definition) is 7. The van der Waals surface area contributed by atoms with Gasteiger partial charge in [0.2, 0.25) is 11.8 Å². The van der Waals surface area contributed by atoms with E-state index in [1.165, 1.54) is 0 Å². The number of urea groups is 1. The summed E-state index contributed by atoms with van der Waals surface area (Å²) in [7, 11) is 4.96. The number of carbonyl (C=O) groups is 3. The maximum atomic E-state index is 13.3. The summed E-state index contributed by atoms with van der Waals surface area (Å²) in [4.78, 5) is 43.0. The SMILES string of the molecule is COCCCN1CC2N(C(=O)CN(C)N2C(=O)NCc2ccc(OC)cc2)C(CCSC)C1=O. The van der Waals surface area contributed by atoms with Crippen LogP contribution in [0.5, 0.6) is 5.75 Å². The van der Waals surface area contributed by atoms with Gasteiger partial charge in [-0.3, -0.25) is 9.59 Å². The number of amides is 4. The molecule has 2 unspecified atom stereocenters. The Kier molecular flexibility index (Phi) is 9.43. The van der Waals surface area contributed by atoms with Crippen molar-refractivity contribution in [1.82, 2.24) is 25.1 Å². The molecule has 1 aromatic rings. The molecule has 1 N–H and O–H groups in total. The van der Waals surface area contributed by atoms with Crippen LogP contribution in [0.3, 0.4) is 0 Å². The minimum absolute atomic E-state index is 0.0409.